The number of amides is 3. The molecule has 0 atom stereocenters. The number of carbonyl (C=O) groups is 2. The van der Waals surface area contributed by atoms with E-state index in [0.717, 1.165) is 30.5 Å². The number of allylic oxidation sites excluding steroid dienone is 1. The normalized spacial score (nSPS) is 19.6. The molecule has 3 amide bonds. The maximum absolute atomic E-state index is 13.0. The largest absolute Gasteiger partial charge is 0.339 e. The zero-order chi connectivity index (χ0) is 17.1. The Morgan fingerprint density at radius 2 is 1.88 bits per heavy atom. The van der Waals surface area contributed by atoms with E-state index in [1.165, 1.54) is 12.1 Å². The average Bonchev–Trinajstić information content (AvgIpc) is 3.01. The van der Waals surface area contributed by atoms with Crippen molar-refractivity contribution in [1.29, 1.82) is 0 Å². The first-order chi connectivity index (χ1) is 11.5. The third-order valence-corrected chi connectivity index (χ3v) is 4.75. The molecule has 1 N–H and O–H groups in total. The fourth-order valence-electron chi connectivity index (χ4n) is 3.31. The Hall–Kier alpha value is -2.37. The minimum atomic E-state index is -0.286. The summed E-state index contributed by atoms with van der Waals surface area (Å²) in [5.41, 5.74) is 1.66. The molecule has 0 saturated carbocycles. The van der Waals surface area contributed by atoms with Gasteiger partial charge in [-0.2, -0.15) is 0 Å². The summed E-state index contributed by atoms with van der Waals surface area (Å²) in [6.07, 6.45) is 3.22. The molecule has 2 aliphatic rings. The minimum absolute atomic E-state index is 0.00632. The first-order valence-electron chi connectivity index (χ1n) is 8.32. The molecule has 128 valence electrons. The van der Waals surface area contributed by atoms with Gasteiger partial charge in [-0.15, -0.1) is 0 Å². The number of carbonyl (C=O) groups excluding carboxylic acids is 2. The van der Waals surface area contributed by atoms with Gasteiger partial charge in [0.2, 0.25) is 5.91 Å². The molecule has 2 heterocycles. The SMILES string of the molecule is CC(=CC(=O)N1CCC(N2CCNC2=O)CC1)c1ccc(F)cc1. The van der Waals surface area contributed by atoms with Gasteiger partial charge in [-0.1, -0.05) is 12.1 Å². The monoisotopic (exact) mass is 331 g/mol. The van der Waals surface area contributed by atoms with Gasteiger partial charge in [0.25, 0.3) is 0 Å². The van der Waals surface area contributed by atoms with Crippen LogP contribution in [0.5, 0.6) is 0 Å². The fourth-order valence-corrected chi connectivity index (χ4v) is 3.31. The molecule has 5 nitrogen and oxygen atoms in total. The van der Waals surface area contributed by atoms with Crippen LogP contribution in [0.3, 0.4) is 0 Å². The molecule has 1 aromatic carbocycles. The van der Waals surface area contributed by atoms with Crippen LogP contribution < -0.4 is 5.32 Å². The van der Waals surface area contributed by atoms with Crippen molar-refractivity contribution in [3.05, 3.63) is 41.7 Å². The van der Waals surface area contributed by atoms with Gasteiger partial charge in [-0.3, -0.25) is 4.79 Å². The van der Waals surface area contributed by atoms with Gasteiger partial charge in [0.15, 0.2) is 0 Å². The molecule has 0 aliphatic carbocycles. The maximum Gasteiger partial charge on any atom is 0.317 e. The number of piperidine rings is 1. The lowest BCUT2D eigenvalue weighted by Gasteiger charge is -2.35. The van der Waals surface area contributed by atoms with Crippen LogP contribution in [-0.4, -0.2) is 54.0 Å². The van der Waals surface area contributed by atoms with E-state index in [4.69, 9.17) is 0 Å². The highest BCUT2D eigenvalue weighted by Gasteiger charge is 2.31. The zero-order valence-electron chi connectivity index (χ0n) is 13.8. The Labute approximate surface area is 141 Å². The van der Waals surface area contributed by atoms with E-state index < -0.39 is 0 Å². The Kier molecular flexibility index (Phi) is 4.83. The van der Waals surface area contributed by atoms with Gasteiger partial charge in [0.05, 0.1) is 0 Å². The predicted molar refractivity (Wildman–Crippen MR) is 89.8 cm³/mol. The summed E-state index contributed by atoms with van der Waals surface area (Å²) < 4.78 is 13.0. The molecule has 2 aliphatic heterocycles. The number of rotatable bonds is 3. The van der Waals surface area contributed by atoms with E-state index in [1.807, 2.05) is 16.7 Å². The Morgan fingerprint density at radius 1 is 1.21 bits per heavy atom. The molecule has 0 aromatic heterocycles. The third-order valence-electron chi connectivity index (χ3n) is 4.75. The maximum atomic E-state index is 13.0. The molecule has 0 spiro atoms. The van der Waals surface area contributed by atoms with Crippen molar-refractivity contribution >= 4 is 17.5 Å². The van der Waals surface area contributed by atoms with E-state index in [-0.39, 0.29) is 23.8 Å². The number of halogens is 1. The predicted octanol–water partition coefficient (Wildman–Crippen LogP) is 2.25. The summed E-state index contributed by atoms with van der Waals surface area (Å²) in [5.74, 6) is -0.313. The number of likely N-dealkylation sites (tertiary alicyclic amines) is 1. The smallest absolute Gasteiger partial charge is 0.317 e. The number of hydrogen-bond donors (Lipinski definition) is 1. The summed E-state index contributed by atoms with van der Waals surface area (Å²) in [5, 5.41) is 2.82. The number of hydrogen-bond acceptors (Lipinski definition) is 2. The number of nitrogens with zero attached hydrogens (tertiary/aromatic N) is 2. The molecule has 2 saturated heterocycles. The Balaban J connectivity index is 1.57. The molecule has 24 heavy (non-hydrogen) atoms. The van der Waals surface area contributed by atoms with E-state index in [0.29, 0.717) is 19.6 Å². The molecule has 0 radical (unpaired) electrons. The minimum Gasteiger partial charge on any atom is -0.339 e. The average molecular weight is 331 g/mol. The topological polar surface area (TPSA) is 52.7 Å². The van der Waals surface area contributed by atoms with Gasteiger partial charge in [0, 0.05) is 38.3 Å². The highest BCUT2D eigenvalue weighted by molar-refractivity contribution is 5.94. The Morgan fingerprint density at radius 3 is 2.46 bits per heavy atom. The molecule has 6 heteroatoms. The second-order valence-corrected chi connectivity index (χ2v) is 6.32. The highest BCUT2D eigenvalue weighted by atomic mass is 19.1. The quantitative estimate of drug-likeness (QED) is 0.864. The van der Waals surface area contributed by atoms with Gasteiger partial charge in [0.1, 0.15) is 5.82 Å². The van der Waals surface area contributed by atoms with Crippen LogP contribution in [-0.2, 0) is 4.79 Å². The van der Waals surface area contributed by atoms with E-state index >= 15 is 0 Å². The number of urea groups is 1. The van der Waals surface area contributed by atoms with E-state index in [2.05, 4.69) is 5.32 Å². The zero-order valence-corrected chi connectivity index (χ0v) is 13.8. The van der Waals surface area contributed by atoms with Crippen molar-refractivity contribution < 1.29 is 14.0 Å². The summed E-state index contributed by atoms with van der Waals surface area (Å²) in [4.78, 5) is 27.8. The molecule has 0 bridgehead atoms. The van der Waals surface area contributed by atoms with Gasteiger partial charge >= 0.3 is 6.03 Å². The highest BCUT2D eigenvalue weighted by Crippen LogP contribution is 2.20. The first-order valence-corrected chi connectivity index (χ1v) is 8.32. The van der Waals surface area contributed by atoms with Gasteiger partial charge in [-0.05, 0) is 43.0 Å². The summed E-state index contributed by atoms with van der Waals surface area (Å²) in [6.45, 7) is 4.62. The van der Waals surface area contributed by atoms with E-state index in [1.54, 1.807) is 18.2 Å². The van der Waals surface area contributed by atoms with Crippen molar-refractivity contribution in [2.45, 2.75) is 25.8 Å². The molecule has 1 aromatic rings. The van der Waals surface area contributed by atoms with E-state index in [9.17, 15) is 14.0 Å². The van der Waals surface area contributed by atoms with Crippen LogP contribution in [0.4, 0.5) is 9.18 Å². The lowest BCUT2D eigenvalue weighted by molar-refractivity contribution is -0.127. The van der Waals surface area contributed by atoms with Crippen LogP contribution in [0, 0.1) is 5.82 Å². The van der Waals surface area contributed by atoms with Crippen LogP contribution in [0.15, 0.2) is 30.3 Å². The number of benzene rings is 1. The standard InChI is InChI=1S/C18H22FN3O2/c1-13(14-2-4-15(19)5-3-14)12-17(23)21-9-6-16(7-10-21)22-11-8-20-18(22)24/h2-5,12,16H,6-11H2,1H3,(H,20,24). The van der Waals surface area contributed by atoms with Gasteiger partial charge < -0.3 is 15.1 Å². The van der Waals surface area contributed by atoms with Crippen molar-refractivity contribution in [2.75, 3.05) is 26.2 Å². The lowest BCUT2D eigenvalue weighted by atomic mass is 10.0. The van der Waals surface area contributed by atoms with Crippen LogP contribution in [0.2, 0.25) is 0 Å². The molecule has 2 fully saturated rings. The molecular weight excluding hydrogens is 309 g/mol. The van der Waals surface area contributed by atoms with Crippen LogP contribution in [0.1, 0.15) is 25.3 Å². The van der Waals surface area contributed by atoms with Crippen molar-refractivity contribution in [3.8, 4) is 0 Å². The summed E-state index contributed by atoms with van der Waals surface area (Å²) in [7, 11) is 0. The number of nitrogens with one attached hydrogen (secondary N) is 1. The van der Waals surface area contributed by atoms with Crippen molar-refractivity contribution in [1.82, 2.24) is 15.1 Å². The molecular formula is C18H22FN3O2. The molecule has 0 unspecified atom stereocenters. The van der Waals surface area contributed by atoms with Crippen LogP contribution >= 0.6 is 0 Å². The summed E-state index contributed by atoms with van der Waals surface area (Å²) >= 11 is 0. The van der Waals surface area contributed by atoms with Crippen LogP contribution in [0.25, 0.3) is 5.57 Å². The summed E-state index contributed by atoms with van der Waals surface area (Å²) in [6, 6.07) is 6.36. The third kappa shape index (κ3) is 3.58. The second-order valence-electron chi connectivity index (χ2n) is 6.32. The van der Waals surface area contributed by atoms with Gasteiger partial charge in [-0.25, -0.2) is 9.18 Å². The first kappa shape index (κ1) is 16.5. The second kappa shape index (κ2) is 7.03. The lowest BCUT2D eigenvalue weighted by Crippen LogP contribution is -2.47. The Bertz CT molecular complexity index is 649. The van der Waals surface area contributed by atoms with Crippen molar-refractivity contribution in [2.24, 2.45) is 0 Å². The fraction of sp³-hybridized carbons (Fsp3) is 0.444. The molecule has 3 rings (SSSR count). The van der Waals surface area contributed by atoms with Crippen molar-refractivity contribution in [3.63, 3.8) is 0 Å².